The number of Topliss-reactive ketones (excluding diaryl/α,β-unsaturated/α-hetero) is 1. The van der Waals surface area contributed by atoms with Crippen molar-refractivity contribution in [2.24, 2.45) is 0 Å². The van der Waals surface area contributed by atoms with Gasteiger partial charge in [-0.25, -0.2) is 0 Å². The summed E-state index contributed by atoms with van der Waals surface area (Å²) in [6, 6.07) is 12.0. The number of ketones is 1. The average Bonchev–Trinajstić information content (AvgIpc) is 2.86. The van der Waals surface area contributed by atoms with E-state index in [0.717, 1.165) is 10.9 Å². The summed E-state index contributed by atoms with van der Waals surface area (Å²) in [6.07, 6.45) is 0.199. The first-order valence-corrected chi connectivity index (χ1v) is 7.32. The van der Waals surface area contributed by atoms with Gasteiger partial charge in [0.2, 0.25) is 5.78 Å². The van der Waals surface area contributed by atoms with Crippen LogP contribution in [0, 0.1) is 0 Å². The van der Waals surface area contributed by atoms with E-state index < -0.39 is 0 Å². The first-order chi connectivity index (χ1) is 10.0. The Bertz CT molecular complexity index is 837. The van der Waals surface area contributed by atoms with Crippen molar-refractivity contribution in [2.75, 3.05) is 0 Å². The fourth-order valence-electron chi connectivity index (χ4n) is 2.07. The summed E-state index contributed by atoms with van der Waals surface area (Å²) in [4.78, 5) is 12.3. The molecule has 0 saturated heterocycles. The molecule has 0 unspecified atom stereocenters. The Morgan fingerprint density at radius 3 is 2.52 bits per heavy atom. The third-order valence-electron chi connectivity index (χ3n) is 3.10. The van der Waals surface area contributed by atoms with E-state index >= 15 is 0 Å². The lowest BCUT2D eigenvalue weighted by Crippen LogP contribution is -2.01. The summed E-state index contributed by atoms with van der Waals surface area (Å²) in [5.41, 5.74) is 1.42. The lowest BCUT2D eigenvalue weighted by molar-refractivity contribution is 0.0968. The second-order valence-electron chi connectivity index (χ2n) is 4.64. The Morgan fingerprint density at radius 1 is 0.952 bits per heavy atom. The van der Waals surface area contributed by atoms with Crippen LogP contribution in [-0.4, -0.2) is 5.78 Å². The van der Waals surface area contributed by atoms with Crippen LogP contribution in [0.5, 0.6) is 0 Å². The topological polar surface area (TPSA) is 30.2 Å². The van der Waals surface area contributed by atoms with E-state index in [9.17, 15) is 4.79 Å². The van der Waals surface area contributed by atoms with Crippen LogP contribution in [-0.2, 0) is 6.42 Å². The molecule has 0 aliphatic carbocycles. The smallest absolute Gasteiger partial charge is 0.202 e. The van der Waals surface area contributed by atoms with Crippen molar-refractivity contribution in [1.29, 1.82) is 0 Å². The molecule has 0 bridgehead atoms. The van der Waals surface area contributed by atoms with E-state index in [1.54, 1.807) is 42.5 Å². The molecule has 1 aromatic heterocycles. The Balaban J connectivity index is 1.87. The van der Waals surface area contributed by atoms with Gasteiger partial charge in [0.05, 0.1) is 10.0 Å². The van der Waals surface area contributed by atoms with E-state index in [0.29, 0.717) is 26.4 Å². The first kappa shape index (κ1) is 14.5. The maximum absolute atomic E-state index is 12.3. The molecule has 3 aromatic rings. The summed E-state index contributed by atoms with van der Waals surface area (Å²) in [5.74, 6) is 0.180. The van der Waals surface area contributed by atoms with Gasteiger partial charge in [-0.15, -0.1) is 0 Å². The van der Waals surface area contributed by atoms with Gasteiger partial charge in [-0.1, -0.05) is 40.9 Å². The predicted octanol–water partition coefficient (Wildman–Crippen LogP) is 5.82. The molecule has 106 valence electrons. The standard InChI is InChI=1S/C16H9Cl3O2/c17-11-2-4-15-10(7-11)8-16(21-15)14(20)6-9-1-3-12(18)13(19)5-9/h1-5,7-8H,6H2. The van der Waals surface area contributed by atoms with E-state index in [1.165, 1.54) is 0 Å². The summed E-state index contributed by atoms with van der Waals surface area (Å²) < 4.78 is 5.54. The lowest BCUT2D eigenvalue weighted by Gasteiger charge is -2.01. The van der Waals surface area contributed by atoms with Crippen molar-refractivity contribution < 1.29 is 9.21 Å². The number of benzene rings is 2. The minimum Gasteiger partial charge on any atom is -0.453 e. The normalized spacial score (nSPS) is 11.0. The average molecular weight is 340 g/mol. The second kappa shape index (κ2) is 5.72. The van der Waals surface area contributed by atoms with Gasteiger partial charge in [0.25, 0.3) is 0 Å². The van der Waals surface area contributed by atoms with E-state index in [-0.39, 0.29) is 12.2 Å². The van der Waals surface area contributed by atoms with Gasteiger partial charge in [-0.3, -0.25) is 4.79 Å². The largest absolute Gasteiger partial charge is 0.453 e. The van der Waals surface area contributed by atoms with Crippen LogP contribution < -0.4 is 0 Å². The van der Waals surface area contributed by atoms with E-state index in [2.05, 4.69) is 0 Å². The number of furan rings is 1. The molecule has 2 nitrogen and oxygen atoms in total. The fraction of sp³-hybridized carbons (Fsp3) is 0.0625. The van der Waals surface area contributed by atoms with Crippen molar-refractivity contribution in [2.45, 2.75) is 6.42 Å². The Labute approximate surface area is 136 Å². The highest BCUT2D eigenvalue weighted by atomic mass is 35.5. The highest BCUT2D eigenvalue weighted by molar-refractivity contribution is 6.42. The van der Waals surface area contributed by atoms with Crippen LogP contribution in [0.3, 0.4) is 0 Å². The van der Waals surface area contributed by atoms with Crippen molar-refractivity contribution in [3.63, 3.8) is 0 Å². The van der Waals surface area contributed by atoms with Crippen molar-refractivity contribution in [3.05, 3.63) is 68.9 Å². The van der Waals surface area contributed by atoms with Gasteiger partial charge >= 0.3 is 0 Å². The van der Waals surface area contributed by atoms with Crippen LogP contribution in [0.25, 0.3) is 11.0 Å². The summed E-state index contributed by atoms with van der Waals surface area (Å²) in [6.45, 7) is 0. The molecule has 0 saturated carbocycles. The number of fused-ring (bicyclic) bond motifs is 1. The third-order valence-corrected chi connectivity index (χ3v) is 4.08. The number of hydrogen-bond donors (Lipinski definition) is 0. The molecule has 0 fully saturated rings. The summed E-state index contributed by atoms with van der Waals surface area (Å²) in [7, 11) is 0. The highest BCUT2D eigenvalue weighted by Gasteiger charge is 2.14. The number of carbonyl (C=O) groups is 1. The SMILES string of the molecule is O=C(Cc1ccc(Cl)c(Cl)c1)c1cc2cc(Cl)ccc2o1. The summed E-state index contributed by atoms with van der Waals surface area (Å²) in [5, 5.41) is 2.30. The molecular formula is C16H9Cl3O2. The molecule has 0 aliphatic rings. The van der Waals surface area contributed by atoms with Crippen LogP contribution in [0.1, 0.15) is 16.1 Å². The molecule has 21 heavy (non-hydrogen) atoms. The summed E-state index contributed by atoms with van der Waals surface area (Å²) >= 11 is 17.7. The maximum Gasteiger partial charge on any atom is 0.202 e. The van der Waals surface area contributed by atoms with Crippen molar-refractivity contribution in [3.8, 4) is 0 Å². The lowest BCUT2D eigenvalue weighted by atomic mass is 10.1. The van der Waals surface area contributed by atoms with Gasteiger partial charge in [0.15, 0.2) is 5.76 Å². The molecule has 0 atom stereocenters. The number of hydrogen-bond acceptors (Lipinski definition) is 2. The Morgan fingerprint density at radius 2 is 1.76 bits per heavy atom. The zero-order valence-electron chi connectivity index (χ0n) is 10.7. The molecular weight excluding hydrogens is 331 g/mol. The molecule has 0 spiro atoms. The molecule has 0 N–H and O–H groups in total. The fourth-order valence-corrected chi connectivity index (χ4v) is 2.57. The minimum absolute atomic E-state index is 0.124. The predicted molar refractivity (Wildman–Crippen MR) is 85.7 cm³/mol. The third kappa shape index (κ3) is 3.08. The molecule has 5 heteroatoms. The van der Waals surface area contributed by atoms with Crippen LogP contribution >= 0.6 is 34.8 Å². The molecule has 0 aliphatic heterocycles. The van der Waals surface area contributed by atoms with Gasteiger partial charge in [-0.05, 0) is 42.0 Å². The van der Waals surface area contributed by atoms with Crippen LogP contribution in [0.15, 0.2) is 46.9 Å². The van der Waals surface area contributed by atoms with Crippen molar-refractivity contribution in [1.82, 2.24) is 0 Å². The highest BCUT2D eigenvalue weighted by Crippen LogP contribution is 2.26. The Hall–Kier alpha value is -1.48. The molecule has 1 heterocycles. The van der Waals surface area contributed by atoms with Crippen LogP contribution in [0.4, 0.5) is 0 Å². The zero-order valence-corrected chi connectivity index (χ0v) is 13.0. The monoisotopic (exact) mass is 338 g/mol. The van der Waals surface area contributed by atoms with Gasteiger partial charge in [0.1, 0.15) is 5.58 Å². The molecule has 0 amide bonds. The number of halogens is 3. The van der Waals surface area contributed by atoms with Gasteiger partial charge < -0.3 is 4.42 Å². The zero-order chi connectivity index (χ0) is 15.0. The first-order valence-electron chi connectivity index (χ1n) is 6.19. The van der Waals surface area contributed by atoms with Crippen LogP contribution in [0.2, 0.25) is 15.1 Å². The minimum atomic E-state index is -0.124. The molecule has 0 radical (unpaired) electrons. The maximum atomic E-state index is 12.3. The van der Waals surface area contributed by atoms with E-state index in [4.69, 9.17) is 39.2 Å². The molecule has 3 rings (SSSR count). The van der Waals surface area contributed by atoms with Crippen molar-refractivity contribution >= 4 is 51.6 Å². The number of carbonyl (C=O) groups excluding carboxylic acids is 1. The van der Waals surface area contributed by atoms with Gasteiger partial charge in [-0.2, -0.15) is 0 Å². The number of rotatable bonds is 3. The van der Waals surface area contributed by atoms with Gasteiger partial charge in [0, 0.05) is 16.8 Å². The molecule has 2 aromatic carbocycles. The quantitative estimate of drug-likeness (QED) is 0.563. The Kier molecular flexibility index (Phi) is 3.94. The second-order valence-corrected chi connectivity index (χ2v) is 5.89. The van der Waals surface area contributed by atoms with E-state index in [1.807, 2.05) is 0 Å².